The number of rotatable bonds is 11. The zero-order valence-electron chi connectivity index (χ0n) is 16.5. The minimum atomic E-state index is -0.523. The third-order valence-corrected chi connectivity index (χ3v) is 4.14. The smallest absolute Gasteiger partial charge is 0.335 e. The van der Waals surface area contributed by atoms with Crippen LogP contribution in [0.2, 0.25) is 0 Å². The molecule has 146 valence electrons. The van der Waals surface area contributed by atoms with Gasteiger partial charge in [0.25, 0.3) is 0 Å². The Balaban J connectivity index is 1.88. The molecule has 2 aromatic rings. The van der Waals surface area contributed by atoms with Crippen LogP contribution in [0.15, 0.2) is 54.6 Å². The number of hydrogen-bond acceptors (Lipinski definition) is 4. The molecule has 1 unspecified atom stereocenters. The molecule has 0 fully saturated rings. The van der Waals surface area contributed by atoms with Crippen molar-refractivity contribution in [3.05, 3.63) is 60.2 Å². The van der Waals surface area contributed by atoms with Crippen LogP contribution >= 0.6 is 0 Å². The van der Waals surface area contributed by atoms with Crippen LogP contribution in [0.3, 0.4) is 0 Å². The summed E-state index contributed by atoms with van der Waals surface area (Å²) >= 11 is 0. The molecule has 0 heterocycles. The molecule has 0 spiro atoms. The highest BCUT2D eigenvalue weighted by atomic mass is 16.6. The second kappa shape index (κ2) is 11.4. The van der Waals surface area contributed by atoms with Gasteiger partial charge in [-0.3, -0.25) is 0 Å². The maximum atomic E-state index is 12.4. The van der Waals surface area contributed by atoms with E-state index in [1.807, 2.05) is 68.4 Å². The van der Waals surface area contributed by atoms with E-state index in [2.05, 4.69) is 6.92 Å². The number of ether oxygens (including phenoxy) is 3. The maximum absolute atomic E-state index is 12.4. The molecule has 0 N–H and O–H groups in total. The molecular formula is C23H30O4. The van der Waals surface area contributed by atoms with Crippen molar-refractivity contribution in [1.82, 2.24) is 0 Å². The molecule has 0 saturated heterocycles. The molecule has 27 heavy (non-hydrogen) atoms. The fourth-order valence-electron chi connectivity index (χ4n) is 2.65. The monoisotopic (exact) mass is 370 g/mol. The molecule has 0 aliphatic carbocycles. The molecule has 0 amide bonds. The number of para-hydroxylation sites is 1. The van der Waals surface area contributed by atoms with Crippen LogP contribution in [0.5, 0.6) is 11.5 Å². The SMILES string of the molecule is CCCCCOC(C(=O)OCc1cccc(Oc2ccccc2)c1)C(C)C. The lowest BCUT2D eigenvalue weighted by Gasteiger charge is -2.20. The molecule has 0 saturated carbocycles. The average molecular weight is 370 g/mol. The van der Waals surface area contributed by atoms with Gasteiger partial charge in [-0.25, -0.2) is 4.79 Å². The number of carbonyl (C=O) groups excluding carboxylic acids is 1. The minimum absolute atomic E-state index is 0.0758. The van der Waals surface area contributed by atoms with E-state index in [0.29, 0.717) is 12.4 Å². The molecule has 0 aromatic heterocycles. The normalized spacial score (nSPS) is 12.0. The third-order valence-electron chi connectivity index (χ3n) is 4.14. The highest BCUT2D eigenvalue weighted by Crippen LogP contribution is 2.22. The minimum Gasteiger partial charge on any atom is -0.459 e. The lowest BCUT2D eigenvalue weighted by Crippen LogP contribution is -2.31. The molecule has 1 atom stereocenters. The number of hydrogen-bond donors (Lipinski definition) is 0. The summed E-state index contributed by atoms with van der Waals surface area (Å²) in [7, 11) is 0. The van der Waals surface area contributed by atoms with Crippen molar-refractivity contribution in [2.45, 2.75) is 52.7 Å². The van der Waals surface area contributed by atoms with E-state index in [4.69, 9.17) is 14.2 Å². The Labute approximate surface area is 162 Å². The molecule has 4 nitrogen and oxygen atoms in total. The van der Waals surface area contributed by atoms with Gasteiger partial charge in [0.15, 0.2) is 6.10 Å². The summed E-state index contributed by atoms with van der Waals surface area (Å²) in [6.07, 6.45) is 2.67. The predicted octanol–water partition coefficient (Wildman–Crippen LogP) is 5.75. The number of carbonyl (C=O) groups is 1. The summed E-state index contributed by atoms with van der Waals surface area (Å²) in [4.78, 5) is 12.4. The maximum Gasteiger partial charge on any atom is 0.335 e. The van der Waals surface area contributed by atoms with E-state index in [-0.39, 0.29) is 18.5 Å². The van der Waals surface area contributed by atoms with Crippen LogP contribution in [0.4, 0.5) is 0 Å². The summed E-state index contributed by atoms with van der Waals surface area (Å²) < 4.78 is 17.1. The van der Waals surface area contributed by atoms with Crippen molar-refractivity contribution in [1.29, 1.82) is 0 Å². The van der Waals surface area contributed by atoms with E-state index in [1.54, 1.807) is 0 Å². The number of benzene rings is 2. The van der Waals surface area contributed by atoms with Crippen LogP contribution in [-0.2, 0) is 20.9 Å². The lowest BCUT2D eigenvalue weighted by molar-refractivity contribution is -0.161. The van der Waals surface area contributed by atoms with Gasteiger partial charge in [0.1, 0.15) is 18.1 Å². The van der Waals surface area contributed by atoms with Gasteiger partial charge < -0.3 is 14.2 Å². The van der Waals surface area contributed by atoms with E-state index < -0.39 is 6.10 Å². The standard InChI is InChI=1S/C23H30O4/c1-4-5-9-15-25-22(18(2)3)23(24)26-17-19-11-10-14-21(16-19)27-20-12-7-6-8-13-20/h6-8,10-14,16,18,22H,4-5,9,15,17H2,1-3H3. The van der Waals surface area contributed by atoms with Crippen molar-refractivity contribution in [2.75, 3.05) is 6.61 Å². The Morgan fingerprint density at radius 2 is 1.70 bits per heavy atom. The highest BCUT2D eigenvalue weighted by Gasteiger charge is 2.24. The molecule has 0 bridgehead atoms. The van der Waals surface area contributed by atoms with Crippen molar-refractivity contribution in [2.24, 2.45) is 5.92 Å². The molecule has 2 aromatic carbocycles. The van der Waals surface area contributed by atoms with Crippen LogP contribution < -0.4 is 4.74 Å². The predicted molar refractivity (Wildman–Crippen MR) is 107 cm³/mol. The van der Waals surface area contributed by atoms with Gasteiger partial charge in [-0.2, -0.15) is 0 Å². The first kappa shape index (κ1) is 21.0. The van der Waals surface area contributed by atoms with Gasteiger partial charge in [-0.1, -0.05) is 63.9 Å². The fraction of sp³-hybridized carbons (Fsp3) is 0.435. The zero-order valence-corrected chi connectivity index (χ0v) is 16.5. The van der Waals surface area contributed by atoms with Gasteiger partial charge in [0.05, 0.1) is 0 Å². The quantitative estimate of drug-likeness (QED) is 0.373. The molecular weight excluding hydrogens is 340 g/mol. The molecule has 0 radical (unpaired) electrons. The van der Waals surface area contributed by atoms with Gasteiger partial charge in [0, 0.05) is 6.61 Å². The van der Waals surface area contributed by atoms with Gasteiger partial charge in [-0.15, -0.1) is 0 Å². The van der Waals surface area contributed by atoms with Crippen molar-refractivity contribution >= 4 is 5.97 Å². The van der Waals surface area contributed by atoms with E-state index in [1.165, 1.54) is 0 Å². The van der Waals surface area contributed by atoms with Crippen LogP contribution in [0.1, 0.15) is 45.6 Å². The second-order valence-corrected chi connectivity index (χ2v) is 6.91. The van der Waals surface area contributed by atoms with Gasteiger partial charge in [-0.05, 0) is 42.2 Å². The summed E-state index contributed by atoms with van der Waals surface area (Å²) in [5.41, 5.74) is 0.880. The van der Waals surface area contributed by atoms with Crippen LogP contribution in [0.25, 0.3) is 0 Å². The first-order valence-corrected chi connectivity index (χ1v) is 9.70. The molecule has 0 aliphatic rings. The summed E-state index contributed by atoms with van der Waals surface area (Å²) in [6, 6.07) is 17.2. The Bertz CT molecular complexity index is 682. The van der Waals surface area contributed by atoms with E-state index >= 15 is 0 Å². The van der Waals surface area contributed by atoms with Crippen molar-refractivity contribution in [3.63, 3.8) is 0 Å². The van der Waals surface area contributed by atoms with E-state index in [0.717, 1.165) is 30.6 Å². The largest absolute Gasteiger partial charge is 0.459 e. The Hall–Kier alpha value is -2.33. The first-order valence-electron chi connectivity index (χ1n) is 9.70. The number of unbranched alkanes of at least 4 members (excludes halogenated alkanes) is 2. The number of esters is 1. The summed E-state index contributed by atoms with van der Waals surface area (Å²) in [5, 5.41) is 0. The van der Waals surface area contributed by atoms with Crippen LogP contribution in [-0.4, -0.2) is 18.7 Å². The summed E-state index contributed by atoms with van der Waals surface area (Å²) in [6.45, 7) is 6.88. The highest BCUT2D eigenvalue weighted by molar-refractivity contribution is 5.75. The summed E-state index contributed by atoms with van der Waals surface area (Å²) in [5.74, 6) is 1.25. The lowest BCUT2D eigenvalue weighted by atomic mass is 10.1. The first-order chi connectivity index (χ1) is 13.1. The van der Waals surface area contributed by atoms with Gasteiger partial charge in [0.2, 0.25) is 0 Å². The Morgan fingerprint density at radius 3 is 2.41 bits per heavy atom. The molecule has 4 heteroatoms. The zero-order chi connectivity index (χ0) is 19.5. The Morgan fingerprint density at radius 1 is 0.963 bits per heavy atom. The van der Waals surface area contributed by atoms with Crippen molar-refractivity contribution < 1.29 is 19.0 Å². The fourth-order valence-corrected chi connectivity index (χ4v) is 2.65. The van der Waals surface area contributed by atoms with E-state index in [9.17, 15) is 4.79 Å². The van der Waals surface area contributed by atoms with Crippen molar-refractivity contribution in [3.8, 4) is 11.5 Å². The molecule has 2 rings (SSSR count). The Kier molecular flexibility index (Phi) is 8.85. The van der Waals surface area contributed by atoms with Gasteiger partial charge >= 0.3 is 5.97 Å². The third kappa shape index (κ3) is 7.43. The second-order valence-electron chi connectivity index (χ2n) is 6.91. The average Bonchev–Trinajstić information content (AvgIpc) is 2.67. The van der Waals surface area contributed by atoms with Crippen LogP contribution in [0, 0.1) is 5.92 Å². The topological polar surface area (TPSA) is 44.8 Å². The molecule has 0 aliphatic heterocycles.